The van der Waals surface area contributed by atoms with E-state index in [1.165, 1.54) is 60.3 Å². The highest BCUT2D eigenvalue weighted by Crippen LogP contribution is 2.48. The first-order valence-electron chi connectivity index (χ1n) is 14.3. The Morgan fingerprint density at radius 1 is 0.711 bits per heavy atom. The van der Waals surface area contributed by atoms with E-state index in [1.807, 2.05) is 24.8 Å². The van der Waals surface area contributed by atoms with Crippen LogP contribution < -0.4 is 4.90 Å². The predicted molar refractivity (Wildman–Crippen MR) is 171 cm³/mol. The number of carbonyl (C=O) groups is 5. The topological polar surface area (TPSA) is 176 Å². The highest BCUT2D eigenvalue weighted by atomic mass is 32.2. The number of benzene rings is 2. The molecule has 0 unspecified atom stereocenters. The van der Waals surface area contributed by atoms with Gasteiger partial charge in [-0.25, -0.2) is 19.2 Å². The van der Waals surface area contributed by atoms with Gasteiger partial charge in [0, 0.05) is 78.8 Å². The number of ketones is 1. The van der Waals surface area contributed by atoms with Crippen molar-refractivity contribution in [3.63, 3.8) is 0 Å². The summed E-state index contributed by atoms with van der Waals surface area (Å²) in [6, 6.07) is 14.8. The van der Waals surface area contributed by atoms with Crippen molar-refractivity contribution in [2.75, 3.05) is 51.2 Å². The molecule has 0 amide bonds. The molecule has 13 heteroatoms. The van der Waals surface area contributed by atoms with Gasteiger partial charge in [-0.1, -0.05) is 36.9 Å². The highest BCUT2D eigenvalue weighted by molar-refractivity contribution is 7.99. The number of rotatable bonds is 11. The smallest absolute Gasteiger partial charge is 0.328 e. The summed E-state index contributed by atoms with van der Waals surface area (Å²) >= 11 is 1.81. The summed E-state index contributed by atoms with van der Waals surface area (Å²) in [4.78, 5) is 60.5. The lowest BCUT2D eigenvalue weighted by Crippen LogP contribution is -2.44. The number of carboxylic acids is 4. The molecule has 0 atom stereocenters. The molecule has 45 heavy (non-hydrogen) atoms. The minimum Gasteiger partial charge on any atom is -0.478 e. The van der Waals surface area contributed by atoms with Gasteiger partial charge in [0.15, 0.2) is 5.78 Å². The van der Waals surface area contributed by atoms with Crippen LogP contribution in [0.2, 0.25) is 0 Å². The quantitative estimate of drug-likeness (QED) is 0.155. The molecule has 2 aromatic rings. The van der Waals surface area contributed by atoms with Crippen molar-refractivity contribution in [2.24, 2.45) is 0 Å². The van der Waals surface area contributed by atoms with E-state index in [4.69, 9.17) is 20.4 Å². The molecule has 0 spiro atoms. The van der Waals surface area contributed by atoms with Gasteiger partial charge in [-0.2, -0.15) is 0 Å². The standard InChI is InChI=1S/C24H31N3OS.2C4H4O4/c1-3-22(28)19-10-11-24-21(18-19)27(20-8-4-5-9-23(20)29-24)13-7-6-12-26-16-14-25(2)15-17-26;2*5-3(6)1-2-4(7)8/h4-5,8-11,18H,3,6-7,12-17H2,1-2H3;2*1-2H,(H,5,6)(H,7,8)/b;2*2-1-. The molecule has 0 saturated carbocycles. The summed E-state index contributed by atoms with van der Waals surface area (Å²) in [6.45, 7) is 8.83. The number of fused-ring (bicyclic) bond motifs is 2. The molecule has 0 bridgehead atoms. The second-order valence-corrected chi connectivity index (χ2v) is 11.1. The molecule has 0 radical (unpaired) electrons. The number of anilines is 2. The third kappa shape index (κ3) is 13.4. The van der Waals surface area contributed by atoms with E-state index in [0.29, 0.717) is 30.7 Å². The van der Waals surface area contributed by atoms with Crippen LogP contribution in [0.4, 0.5) is 11.4 Å². The molecule has 242 valence electrons. The molecule has 4 rings (SSSR count). The largest absolute Gasteiger partial charge is 0.478 e. The van der Waals surface area contributed by atoms with Crippen molar-refractivity contribution in [2.45, 2.75) is 36.0 Å². The molecular weight excluding hydrogens is 602 g/mol. The van der Waals surface area contributed by atoms with Crippen LogP contribution in [0.3, 0.4) is 0 Å². The van der Waals surface area contributed by atoms with Gasteiger partial charge in [0.2, 0.25) is 0 Å². The maximum Gasteiger partial charge on any atom is 0.328 e. The van der Waals surface area contributed by atoms with E-state index in [2.05, 4.69) is 58.1 Å². The molecule has 1 fully saturated rings. The van der Waals surface area contributed by atoms with Crippen molar-refractivity contribution >= 4 is 52.8 Å². The number of aliphatic carboxylic acids is 4. The van der Waals surface area contributed by atoms with E-state index in [0.717, 1.165) is 18.5 Å². The molecule has 4 N–H and O–H groups in total. The molecule has 2 aliphatic rings. The van der Waals surface area contributed by atoms with Crippen molar-refractivity contribution in [1.82, 2.24) is 9.80 Å². The van der Waals surface area contributed by atoms with Gasteiger partial charge in [0.1, 0.15) is 0 Å². The second kappa shape index (κ2) is 19.0. The van der Waals surface area contributed by atoms with Gasteiger partial charge in [-0.15, -0.1) is 0 Å². The number of likely N-dealkylation sites (N-methyl/N-ethyl adjacent to an activating group) is 1. The van der Waals surface area contributed by atoms with Crippen LogP contribution >= 0.6 is 11.8 Å². The third-order valence-electron chi connectivity index (χ3n) is 6.71. The van der Waals surface area contributed by atoms with E-state index in [9.17, 15) is 24.0 Å². The molecular formula is C32H39N3O9S. The van der Waals surface area contributed by atoms with Gasteiger partial charge in [0.25, 0.3) is 0 Å². The first kappa shape index (κ1) is 36.7. The number of carbonyl (C=O) groups excluding carboxylic acids is 1. The number of hydrogen-bond donors (Lipinski definition) is 4. The van der Waals surface area contributed by atoms with Crippen LogP contribution in [0.5, 0.6) is 0 Å². The summed E-state index contributed by atoms with van der Waals surface area (Å²) in [5, 5.41) is 31.2. The minimum absolute atomic E-state index is 0.215. The summed E-state index contributed by atoms with van der Waals surface area (Å²) in [5.41, 5.74) is 3.28. The molecule has 0 aliphatic carbocycles. The summed E-state index contributed by atoms with van der Waals surface area (Å²) in [5.74, 6) is -4.81. The Morgan fingerprint density at radius 3 is 1.76 bits per heavy atom. The zero-order chi connectivity index (χ0) is 33.4. The Hall–Kier alpha value is -4.46. The number of para-hydroxylation sites is 1. The van der Waals surface area contributed by atoms with Gasteiger partial charge >= 0.3 is 23.9 Å². The van der Waals surface area contributed by atoms with Crippen molar-refractivity contribution in [3.8, 4) is 0 Å². The zero-order valence-corrected chi connectivity index (χ0v) is 26.1. The summed E-state index contributed by atoms with van der Waals surface area (Å²) < 4.78 is 0. The minimum atomic E-state index is -1.26. The monoisotopic (exact) mass is 641 g/mol. The van der Waals surface area contributed by atoms with Crippen molar-refractivity contribution < 1.29 is 44.4 Å². The van der Waals surface area contributed by atoms with E-state index in [-0.39, 0.29) is 5.78 Å². The van der Waals surface area contributed by atoms with E-state index in [1.54, 1.807) is 0 Å². The number of nitrogens with zero attached hydrogens (tertiary/aromatic N) is 3. The maximum atomic E-state index is 12.3. The molecule has 2 heterocycles. The van der Waals surface area contributed by atoms with Crippen LogP contribution in [0.15, 0.2) is 76.6 Å². The molecule has 2 aromatic carbocycles. The Balaban J connectivity index is 0.000000365. The number of unbranched alkanes of at least 4 members (excludes halogenated alkanes) is 1. The van der Waals surface area contributed by atoms with Gasteiger partial charge < -0.3 is 35.1 Å². The highest BCUT2D eigenvalue weighted by Gasteiger charge is 2.24. The Labute approximate surface area is 266 Å². The average Bonchev–Trinajstić information content (AvgIpc) is 3.01. The van der Waals surface area contributed by atoms with Crippen LogP contribution in [-0.4, -0.2) is 106 Å². The van der Waals surface area contributed by atoms with Gasteiger partial charge in [-0.3, -0.25) is 4.79 Å². The first-order chi connectivity index (χ1) is 21.4. The number of hydrogen-bond acceptors (Lipinski definition) is 9. The zero-order valence-electron chi connectivity index (χ0n) is 25.3. The van der Waals surface area contributed by atoms with Crippen LogP contribution in [0, 0.1) is 0 Å². The maximum absolute atomic E-state index is 12.3. The van der Waals surface area contributed by atoms with Crippen molar-refractivity contribution in [3.05, 3.63) is 72.3 Å². The fourth-order valence-electron chi connectivity index (χ4n) is 4.41. The fourth-order valence-corrected chi connectivity index (χ4v) is 5.49. The third-order valence-corrected chi connectivity index (χ3v) is 7.84. The Bertz CT molecular complexity index is 1340. The lowest BCUT2D eigenvalue weighted by molar-refractivity contribution is -0.134. The lowest BCUT2D eigenvalue weighted by Gasteiger charge is -2.34. The fraction of sp³-hybridized carbons (Fsp3) is 0.344. The number of Topliss-reactive ketones (excluding diaryl/α,β-unsaturated/α-hetero) is 1. The van der Waals surface area contributed by atoms with Crippen LogP contribution in [0.1, 0.15) is 36.5 Å². The molecule has 1 saturated heterocycles. The van der Waals surface area contributed by atoms with Crippen LogP contribution in [-0.2, 0) is 19.2 Å². The average molecular weight is 642 g/mol. The Morgan fingerprint density at radius 2 is 1.22 bits per heavy atom. The molecule has 0 aromatic heterocycles. The van der Waals surface area contributed by atoms with Gasteiger partial charge in [0.05, 0.1) is 11.4 Å². The first-order valence-corrected chi connectivity index (χ1v) is 15.1. The number of carboxylic acid groups (broad SMARTS) is 4. The lowest BCUT2D eigenvalue weighted by atomic mass is 10.1. The summed E-state index contributed by atoms with van der Waals surface area (Å²) in [7, 11) is 2.21. The SMILES string of the molecule is CCC(=O)c1ccc2c(c1)N(CCCCN1CCN(C)CC1)c1ccccc1S2.O=C(O)/C=C\C(=O)O.O=C(O)/C=C\C(=O)O. The molecule has 12 nitrogen and oxygen atoms in total. The molecule has 2 aliphatic heterocycles. The second-order valence-electron chi connectivity index (χ2n) is 10.1. The normalized spacial score (nSPS) is 14.4. The van der Waals surface area contributed by atoms with Gasteiger partial charge in [-0.05, 0) is 50.7 Å². The predicted octanol–water partition coefficient (Wildman–Crippen LogP) is 4.33. The Kier molecular flexibility index (Phi) is 15.5. The number of piperazine rings is 1. The summed E-state index contributed by atoms with van der Waals surface area (Å²) in [6.07, 6.45) is 5.14. The van der Waals surface area contributed by atoms with E-state index >= 15 is 0 Å². The van der Waals surface area contributed by atoms with E-state index < -0.39 is 23.9 Å². The van der Waals surface area contributed by atoms with Crippen LogP contribution in [0.25, 0.3) is 0 Å². The van der Waals surface area contributed by atoms with Crippen molar-refractivity contribution in [1.29, 1.82) is 0 Å².